The molecule has 0 aliphatic carbocycles. The largest absolute Gasteiger partial charge is 0.472 e. The number of aliphatic hydroxyl groups excluding tert-OH is 1. The lowest BCUT2D eigenvalue weighted by atomic mass is 10.00. The quantitative estimate of drug-likeness (QED) is 0.0222. The molecule has 3 unspecified atom stereocenters. The second-order valence-corrected chi connectivity index (χ2v) is 34.1. The van der Waals surface area contributed by atoms with E-state index in [0.29, 0.717) is 25.7 Å². The van der Waals surface area contributed by atoms with Crippen molar-refractivity contribution in [3.05, 3.63) is 0 Å². The van der Waals surface area contributed by atoms with E-state index in [1.165, 1.54) is 218 Å². The molecule has 17 nitrogen and oxygen atoms in total. The van der Waals surface area contributed by atoms with Crippen LogP contribution >= 0.6 is 15.6 Å². The lowest BCUT2D eigenvalue weighted by Gasteiger charge is -2.21. The van der Waals surface area contributed by atoms with Gasteiger partial charge in [-0.2, -0.15) is 0 Å². The number of unbranched alkanes of at least 4 members (excludes halogenated alkanes) is 44. The fraction of sp³-hybridized carbons (Fsp3) is 0.951. The Labute approximate surface area is 619 Å². The molecular formula is C82H160O17P2. The standard InChI is InChI=1S/C82H160O17P2/c1-9-75(8)61-53-45-40-41-47-55-63-80(85)93-69-78(99-82(87)65-57-49-39-33-27-21-15-18-24-30-36-44-52-60-74(6)7)71-97-101(90,91)95-67-76(83)66-94-100(88,89)96-70-77(98-81(86)64-56-48-38-32-26-20-14-17-23-29-35-43-51-59-73(4)5)68-92-79(84)62-54-46-37-31-25-19-13-11-10-12-16-22-28-34-42-50-58-72(2)3/h72-78,83H,9-71H2,1-8H3,(H,88,89)(H,90,91)/t75?,76-,77-,78-/m1/s1. The van der Waals surface area contributed by atoms with E-state index in [1.807, 2.05) is 0 Å². The number of phosphoric acid groups is 2. The molecule has 0 heterocycles. The average molecular weight is 1480 g/mol. The molecule has 0 saturated heterocycles. The minimum atomic E-state index is -4.96. The summed E-state index contributed by atoms with van der Waals surface area (Å²) in [7, 11) is -9.92. The summed E-state index contributed by atoms with van der Waals surface area (Å²) in [6.07, 6.45) is 58.3. The first kappa shape index (κ1) is 99.1. The van der Waals surface area contributed by atoms with Crippen LogP contribution in [0, 0.1) is 23.7 Å². The van der Waals surface area contributed by atoms with Crippen LogP contribution in [0.15, 0.2) is 0 Å². The van der Waals surface area contributed by atoms with E-state index in [1.54, 1.807) is 0 Å². The first-order chi connectivity index (χ1) is 48.6. The van der Waals surface area contributed by atoms with Gasteiger partial charge in [-0.3, -0.25) is 37.3 Å². The predicted molar refractivity (Wildman–Crippen MR) is 414 cm³/mol. The Bertz CT molecular complexity index is 1970. The van der Waals surface area contributed by atoms with Crippen molar-refractivity contribution >= 4 is 39.5 Å². The Hall–Kier alpha value is -1.94. The lowest BCUT2D eigenvalue weighted by molar-refractivity contribution is -0.161. The van der Waals surface area contributed by atoms with Gasteiger partial charge in [0, 0.05) is 25.7 Å². The van der Waals surface area contributed by atoms with Crippen molar-refractivity contribution in [1.82, 2.24) is 0 Å². The molecule has 101 heavy (non-hydrogen) atoms. The highest BCUT2D eigenvalue weighted by molar-refractivity contribution is 7.47. The number of aliphatic hydroxyl groups is 1. The summed E-state index contributed by atoms with van der Waals surface area (Å²) in [4.78, 5) is 73.1. The molecule has 0 radical (unpaired) electrons. The van der Waals surface area contributed by atoms with Crippen molar-refractivity contribution in [2.24, 2.45) is 23.7 Å². The van der Waals surface area contributed by atoms with Crippen LogP contribution in [0.5, 0.6) is 0 Å². The normalized spacial score (nSPS) is 14.3. The number of esters is 4. The van der Waals surface area contributed by atoms with Gasteiger partial charge in [0.1, 0.15) is 19.3 Å². The first-order valence-electron chi connectivity index (χ1n) is 42.2. The Morgan fingerprint density at radius 1 is 0.277 bits per heavy atom. The number of rotatable bonds is 79. The smallest absolute Gasteiger partial charge is 0.462 e. The topological polar surface area (TPSA) is 237 Å². The number of carbonyl (C=O) groups excluding carboxylic acids is 4. The third-order valence-electron chi connectivity index (χ3n) is 19.4. The van der Waals surface area contributed by atoms with Crippen LogP contribution in [0.25, 0.3) is 0 Å². The van der Waals surface area contributed by atoms with Crippen molar-refractivity contribution in [3.8, 4) is 0 Å². The molecule has 600 valence electrons. The Balaban J connectivity index is 5.24. The molecule has 0 amide bonds. The summed E-state index contributed by atoms with van der Waals surface area (Å²) in [5, 5.41) is 10.6. The Morgan fingerprint density at radius 3 is 0.703 bits per heavy atom. The fourth-order valence-electron chi connectivity index (χ4n) is 12.6. The van der Waals surface area contributed by atoms with Gasteiger partial charge >= 0.3 is 39.5 Å². The molecule has 0 aromatic heterocycles. The summed E-state index contributed by atoms with van der Waals surface area (Å²) in [5.74, 6) is 1.00. The third kappa shape index (κ3) is 74.7. The van der Waals surface area contributed by atoms with Gasteiger partial charge in [0.2, 0.25) is 0 Å². The second-order valence-electron chi connectivity index (χ2n) is 31.2. The summed E-state index contributed by atoms with van der Waals surface area (Å²) in [5.41, 5.74) is 0. The number of hydrogen-bond donors (Lipinski definition) is 3. The van der Waals surface area contributed by atoms with Crippen LogP contribution in [0.4, 0.5) is 0 Å². The summed E-state index contributed by atoms with van der Waals surface area (Å²) in [6.45, 7) is 14.3. The molecule has 3 N–H and O–H groups in total. The second kappa shape index (κ2) is 71.0. The highest BCUT2D eigenvalue weighted by Crippen LogP contribution is 2.45. The average Bonchev–Trinajstić information content (AvgIpc) is 0.961. The van der Waals surface area contributed by atoms with Gasteiger partial charge in [-0.05, 0) is 49.4 Å². The number of ether oxygens (including phenoxy) is 4. The fourth-order valence-corrected chi connectivity index (χ4v) is 14.2. The van der Waals surface area contributed by atoms with E-state index in [-0.39, 0.29) is 25.7 Å². The van der Waals surface area contributed by atoms with E-state index < -0.39 is 97.5 Å². The molecule has 0 aliphatic heterocycles. The maximum Gasteiger partial charge on any atom is 0.472 e. The van der Waals surface area contributed by atoms with Crippen molar-refractivity contribution in [3.63, 3.8) is 0 Å². The maximum atomic E-state index is 13.1. The van der Waals surface area contributed by atoms with Gasteiger partial charge in [-0.1, -0.05) is 370 Å². The van der Waals surface area contributed by atoms with Crippen LogP contribution in [-0.4, -0.2) is 96.7 Å². The number of phosphoric ester groups is 2. The summed E-state index contributed by atoms with van der Waals surface area (Å²) in [6, 6.07) is 0. The van der Waals surface area contributed by atoms with E-state index in [4.69, 9.17) is 37.0 Å². The van der Waals surface area contributed by atoms with Crippen LogP contribution in [-0.2, 0) is 65.4 Å². The van der Waals surface area contributed by atoms with Crippen LogP contribution in [0.2, 0.25) is 0 Å². The SMILES string of the molecule is CCC(C)CCCCCCCCC(=O)OC[C@H](COP(=O)(O)OC[C@H](O)COP(=O)(O)OC[C@@H](COC(=O)CCCCCCCCCCCCCCCCCCC(C)C)OC(=O)CCCCCCCCCCCCCCCC(C)C)OC(=O)CCCCCCCCCCCCCCCC(C)C. The Kier molecular flexibility index (Phi) is 69.6. The molecule has 0 aromatic carbocycles. The van der Waals surface area contributed by atoms with Crippen LogP contribution in [0.1, 0.15) is 421 Å². The zero-order valence-electron chi connectivity index (χ0n) is 66.5. The first-order valence-corrected chi connectivity index (χ1v) is 45.2. The molecule has 19 heteroatoms. The molecule has 0 spiro atoms. The van der Waals surface area contributed by atoms with E-state index in [9.17, 15) is 43.2 Å². The molecule has 6 atom stereocenters. The Morgan fingerprint density at radius 2 is 0.475 bits per heavy atom. The maximum absolute atomic E-state index is 13.1. The molecular weight excluding hydrogens is 1320 g/mol. The number of hydrogen-bond acceptors (Lipinski definition) is 15. The lowest BCUT2D eigenvalue weighted by Crippen LogP contribution is -2.30. The summed E-state index contributed by atoms with van der Waals surface area (Å²) < 4.78 is 68.8. The van der Waals surface area contributed by atoms with Crippen molar-refractivity contribution in [2.45, 2.75) is 440 Å². The zero-order chi connectivity index (χ0) is 74.6. The van der Waals surface area contributed by atoms with Gasteiger partial charge in [0.05, 0.1) is 26.4 Å². The minimum absolute atomic E-state index is 0.106. The molecule has 0 fully saturated rings. The van der Waals surface area contributed by atoms with Gasteiger partial charge in [-0.15, -0.1) is 0 Å². The molecule has 0 saturated carbocycles. The van der Waals surface area contributed by atoms with Gasteiger partial charge < -0.3 is 33.8 Å². The van der Waals surface area contributed by atoms with Crippen molar-refractivity contribution < 1.29 is 80.2 Å². The van der Waals surface area contributed by atoms with Gasteiger partial charge in [-0.25, -0.2) is 9.13 Å². The summed E-state index contributed by atoms with van der Waals surface area (Å²) >= 11 is 0. The highest BCUT2D eigenvalue weighted by Gasteiger charge is 2.30. The van der Waals surface area contributed by atoms with Crippen LogP contribution in [0.3, 0.4) is 0 Å². The van der Waals surface area contributed by atoms with E-state index in [0.717, 1.165) is 120 Å². The van der Waals surface area contributed by atoms with Crippen molar-refractivity contribution in [1.29, 1.82) is 0 Å². The molecule has 0 aromatic rings. The third-order valence-corrected chi connectivity index (χ3v) is 21.3. The minimum Gasteiger partial charge on any atom is -0.462 e. The van der Waals surface area contributed by atoms with E-state index in [2.05, 4.69) is 55.4 Å². The monoisotopic (exact) mass is 1480 g/mol. The van der Waals surface area contributed by atoms with E-state index >= 15 is 0 Å². The van der Waals surface area contributed by atoms with Crippen molar-refractivity contribution in [2.75, 3.05) is 39.6 Å². The highest BCUT2D eigenvalue weighted by atomic mass is 31.2. The van der Waals surface area contributed by atoms with Gasteiger partial charge in [0.25, 0.3) is 0 Å². The zero-order valence-corrected chi connectivity index (χ0v) is 68.3. The van der Waals surface area contributed by atoms with Gasteiger partial charge in [0.15, 0.2) is 12.2 Å². The molecule has 0 rings (SSSR count). The number of carbonyl (C=O) groups is 4. The van der Waals surface area contributed by atoms with Crippen LogP contribution < -0.4 is 0 Å². The predicted octanol–water partition coefficient (Wildman–Crippen LogP) is 24.4. The molecule has 0 bridgehead atoms. The molecule has 0 aliphatic rings.